The average molecular weight is 296 g/mol. The van der Waals surface area contributed by atoms with E-state index in [0.29, 0.717) is 13.2 Å². The third-order valence-corrected chi connectivity index (χ3v) is 4.15. The maximum atomic E-state index is 13.4. The van der Waals surface area contributed by atoms with Crippen molar-refractivity contribution >= 4 is 0 Å². The monoisotopic (exact) mass is 296 g/mol. The van der Waals surface area contributed by atoms with Crippen LogP contribution >= 0.6 is 0 Å². The molecule has 1 aliphatic rings. The number of ether oxygens (including phenoxy) is 1. The Bertz CT molecular complexity index is 701. The molecular weight excluding hydrogens is 279 g/mol. The molecule has 0 saturated carbocycles. The van der Waals surface area contributed by atoms with Gasteiger partial charge >= 0.3 is 0 Å². The number of hydrogen-bond acceptors (Lipinski definition) is 3. The zero-order valence-electron chi connectivity index (χ0n) is 12.3. The molecule has 1 heterocycles. The highest BCUT2D eigenvalue weighted by Crippen LogP contribution is 2.31. The molecule has 0 spiro atoms. The standard InChI is InChI=1S/C18H17FN2O/c1-18(15-5-3-2-4-6-15)12-21-17(11-22-18)13-7-8-16(19)14(9-13)10-20/h2-9,17,21H,11-12H2,1H3/t17-,18+/m1/s1. The highest BCUT2D eigenvalue weighted by molar-refractivity contribution is 5.36. The Morgan fingerprint density at radius 3 is 2.68 bits per heavy atom. The summed E-state index contributed by atoms with van der Waals surface area (Å²) in [4.78, 5) is 0. The summed E-state index contributed by atoms with van der Waals surface area (Å²) >= 11 is 0. The first-order valence-electron chi connectivity index (χ1n) is 7.25. The number of hydrogen-bond donors (Lipinski definition) is 1. The second kappa shape index (κ2) is 5.88. The number of nitriles is 1. The predicted molar refractivity (Wildman–Crippen MR) is 81.6 cm³/mol. The Balaban J connectivity index is 1.76. The third kappa shape index (κ3) is 2.74. The van der Waals surface area contributed by atoms with Gasteiger partial charge in [0.05, 0.1) is 18.2 Å². The lowest BCUT2D eigenvalue weighted by molar-refractivity contribution is -0.0765. The van der Waals surface area contributed by atoms with Crippen molar-refractivity contribution in [3.8, 4) is 6.07 Å². The summed E-state index contributed by atoms with van der Waals surface area (Å²) < 4.78 is 19.5. The van der Waals surface area contributed by atoms with Crippen molar-refractivity contribution < 1.29 is 9.13 Å². The molecule has 112 valence electrons. The lowest BCUT2D eigenvalue weighted by atomic mass is 9.92. The molecule has 0 bridgehead atoms. The van der Waals surface area contributed by atoms with Crippen LogP contribution in [0.1, 0.15) is 29.7 Å². The molecule has 1 saturated heterocycles. The molecule has 4 heteroatoms. The van der Waals surface area contributed by atoms with E-state index in [2.05, 4.69) is 12.2 Å². The minimum absolute atomic E-state index is 0.0375. The van der Waals surface area contributed by atoms with Gasteiger partial charge in [0.1, 0.15) is 17.5 Å². The van der Waals surface area contributed by atoms with E-state index in [4.69, 9.17) is 10.00 Å². The smallest absolute Gasteiger partial charge is 0.140 e. The van der Waals surface area contributed by atoms with Gasteiger partial charge in [-0.3, -0.25) is 0 Å². The van der Waals surface area contributed by atoms with E-state index in [9.17, 15) is 4.39 Å². The van der Waals surface area contributed by atoms with Crippen LogP contribution in [0.25, 0.3) is 0 Å². The van der Waals surface area contributed by atoms with Crippen LogP contribution in [0.5, 0.6) is 0 Å². The molecule has 0 unspecified atom stereocenters. The van der Waals surface area contributed by atoms with Crippen LogP contribution in [0.4, 0.5) is 4.39 Å². The molecular formula is C18H17FN2O. The van der Waals surface area contributed by atoms with Crippen LogP contribution in [-0.4, -0.2) is 13.2 Å². The van der Waals surface area contributed by atoms with Gasteiger partial charge in [0, 0.05) is 6.54 Å². The van der Waals surface area contributed by atoms with Gasteiger partial charge < -0.3 is 10.1 Å². The van der Waals surface area contributed by atoms with Gasteiger partial charge in [0.25, 0.3) is 0 Å². The van der Waals surface area contributed by atoms with Crippen LogP contribution < -0.4 is 5.32 Å². The fourth-order valence-corrected chi connectivity index (χ4v) is 2.73. The van der Waals surface area contributed by atoms with Gasteiger partial charge in [0.15, 0.2) is 0 Å². The lowest BCUT2D eigenvalue weighted by Crippen LogP contribution is -2.47. The summed E-state index contributed by atoms with van der Waals surface area (Å²) in [5.41, 5.74) is 1.68. The van der Waals surface area contributed by atoms with Gasteiger partial charge in [-0.2, -0.15) is 5.26 Å². The molecule has 2 aromatic carbocycles. The average Bonchev–Trinajstić information content (AvgIpc) is 2.57. The third-order valence-electron chi connectivity index (χ3n) is 4.15. The minimum Gasteiger partial charge on any atom is -0.367 e. The van der Waals surface area contributed by atoms with Crippen LogP contribution in [-0.2, 0) is 10.3 Å². The van der Waals surface area contributed by atoms with Crippen LogP contribution in [0.3, 0.4) is 0 Å². The van der Waals surface area contributed by atoms with Crippen molar-refractivity contribution in [3.05, 3.63) is 71.0 Å². The molecule has 2 aromatic rings. The van der Waals surface area contributed by atoms with E-state index in [1.54, 1.807) is 12.1 Å². The fourth-order valence-electron chi connectivity index (χ4n) is 2.73. The first kappa shape index (κ1) is 14.7. The number of morpholine rings is 1. The molecule has 0 aromatic heterocycles. The summed E-state index contributed by atoms with van der Waals surface area (Å²) in [6.07, 6.45) is 0. The second-order valence-electron chi connectivity index (χ2n) is 5.69. The summed E-state index contributed by atoms with van der Waals surface area (Å²) in [5, 5.41) is 12.4. The van der Waals surface area contributed by atoms with Crippen LogP contribution in [0.15, 0.2) is 48.5 Å². The van der Waals surface area contributed by atoms with E-state index >= 15 is 0 Å². The first-order chi connectivity index (χ1) is 10.6. The number of halogens is 1. The zero-order chi connectivity index (χ0) is 15.6. The van der Waals surface area contributed by atoms with E-state index in [-0.39, 0.29) is 17.2 Å². The van der Waals surface area contributed by atoms with Crippen molar-refractivity contribution in [3.63, 3.8) is 0 Å². The Labute approximate surface area is 129 Å². The summed E-state index contributed by atoms with van der Waals surface area (Å²) in [5.74, 6) is -0.489. The van der Waals surface area contributed by atoms with Gasteiger partial charge in [-0.05, 0) is 30.2 Å². The molecule has 0 aliphatic carbocycles. The van der Waals surface area contributed by atoms with Gasteiger partial charge in [0.2, 0.25) is 0 Å². The van der Waals surface area contributed by atoms with Crippen molar-refractivity contribution in [2.45, 2.75) is 18.6 Å². The minimum atomic E-state index is -0.489. The Kier molecular flexibility index (Phi) is 3.93. The van der Waals surface area contributed by atoms with Crippen molar-refractivity contribution in [1.82, 2.24) is 5.32 Å². The molecule has 0 radical (unpaired) electrons. The quantitative estimate of drug-likeness (QED) is 0.925. The van der Waals surface area contributed by atoms with E-state index in [1.807, 2.05) is 36.4 Å². The SMILES string of the molecule is C[C@@]1(c2ccccc2)CN[C@@H](c2ccc(F)c(C#N)c2)CO1. The maximum Gasteiger partial charge on any atom is 0.140 e. The Morgan fingerprint density at radius 1 is 1.27 bits per heavy atom. The van der Waals surface area contributed by atoms with Crippen molar-refractivity contribution in [1.29, 1.82) is 5.26 Å². The van der Waals surface area contributed by atoms with Crippen molar-refractivity contribution in [2.24, 2.45) is 0 Å². The van der Waals surface area contributed by atoms with Crippen LogP contribution in [0.2, 0.25) is 0 Å². The summed E-state index contributed by atoms with van der Waals surface area (Å²) in [6.45, 7) is 3.18. The van der Waals surface area contributed by atoms with Gasteiger partial charge in [-0.15, -0.1) is 0 Å². The topological polar surface area (TPSA) is 45.0 Å². The highest BCUT2D eigenvalue weighted by atomic mass is 19.1. The predicted octanol–water partition coefficient (Wildman–Crippen LogP) is 3.27. The molecule has 1 fully saturated rings. The Hall–Kier alpha value is -2.22. The number of rotatable bonds is 2. The largest absolute Gasteiger partial charge is 0.367 e. The molecule has 0 amide bonds. The highest BCUT2D eigenvalue weighted by Gasteiger charge is 2.33. The maximum absolute atomic E-state index is 13.4. The van der Waals surface area contributed by atoms with Crippen LogP contribution in [0, 0.1) is 17.1 Å². The summed E-state index contributed by atoms with van der Waals surface area (Å²) in [7, 11) is 0. The number of benzene rings is 2. The summed E-state index contributed by atoms with van der Waals surface area (Å²) in [6, 6.07) is 16.5. The van der Waals surface area contributed by atoms with E-state index in [1.165, 1.54) is 6.07 Å². The molecule has 3 nitrogen and oxygen atoms in total. The number of nitrogens with zero attached hydrogens (tertiary/aromatic N) is 1. The Morgan fingerprint density at radius 2 is 2.05 bits per heavy atom. The normalized spacial score (nSPS) is 24.7. The second-order valence-corrected chi connectivity index (χ2v) is 5.69. The molecule has 1 N–H and O–H groups in total. The van der Waals surface area contributed by atoms with Gasteiger partial charge in [-0.1, -0.05) is 36.4 Å². The van der Waals surface area contributed by atoms with Crippen molar-refractivity contribution in [2.75, 3.05) is 13.2 Å². The molecule has 22 heavy (non-hydrogen) atoms. The zero-order valence-corrected chi connectivity index (χ0v) is 12.3. The number of nitrogens with one attached hydrogen (secondary N) is 1. The fraction of sp³-hybridized carbons (Fsp3) is 0.278. The lowest BCUT2D eigenvalue weighted by Gasteiger charge is -2.39. The molecule has 1 aliphatic heterocycles. The molecule has 2 atom stereocenters. The van der Waals surface area contributed by atoms with Gasteiger partial charge in [-0.25, -0.2) is 4.39 Å². The van der Waals surface area contributed by atoms with E-state index in [0.717, 1.165) is 11.1 Å². The first-order valence-corrected chi connectivity index (χ1v) is 7.25. The molecule has 3 rings (SSSR count). The van der Waals surface area contributed by atoms with E-state index < -0.39 is 5.82 Å².